The second kappa shape index (κ2) is 5.06. The number of hydrogen-bond donors (Lipinski definition) is 0. The van der Waals surface area contributed by atoms with Crippen molar-refractivity contribution in [3.05, 3.63) is 41.6 Å². The molecule has 0 N–H and O–H groups in total. The van der Waals surface area contributed by atoms with Crippen molar-refractivity contribution in [2.45, 2.75) is 18.7 Å². The summed E-state index contributed by atoms with van der Waals surface area (Å²) >= 11 is 12.5. The van der Waals surface area contributed by atoms with Gasteiger partial charge < -0.3 is 0 Å². The summed E-state index contributed by atoms with van der Waals surface area (Å²) in [4.78, 5) is 11.6. The summed E-state index contributed by atoms with van der Waals surface area (Å²) in [6.45, 7) is 3.82. The summed E-state index contributed by atoms with van der Waals surface area (Å²) in [6.07, 6.45) is 0. The van der Waals surface area contributed by atoms with Gasteiger partial charge in [0.05, 0.1) is 11.4 Å². The quantitative estimate of drug-likeness (QED) is 0.779. The first-order valence-corrected chi connectivity index (χ1v) is 6.89. The van der Waals surface area contributed by atoms with E-state index in [9.17, 15) is 4.79 Å². The average Bonchev–Trinajstić information content (AvgIpc) is 2.59. The summed E-state index contributed by atoms with van der Waals surface area (Å²) in [5.74, 6) is -0.243. The van der Waals surface area contributed by atoms with Gasteiger partial charge in [-0.25, -0.2) is 5.01 Å². The fourth-order valence-corrected chi connectivity index (χ4v) is 2.92. The number of nitrogens with zero attached hydrogens (tertiary/aromatic N) is 2. The van der Waals surface area contributed by atoms with E-state index in [1.54, 1.807) is 17.1 Å². The maximum Gasteiger partial charge on any atom is 0.273 e. The second-order valence-electron chi connectivity index (χ2n) is 4.84. The molecule has 2 rings (SSSR count). The van der Waals surface area contributed by atoms with Gasteiger partial charge in [0.15, 0.2) is 4.87 Å². The average molecular weight is 299 g/mol. The number of hydrogen-bond acceptors (Lipinski definition) is 2. The molecular weight excluding hydrogens is 283 g/mol. The molecule has 1 aliphatic rings. The maximum absolute atomic E-state index is 12.7. The Morgan fingerprint density at radius 2 is 1.84 bits per heavy atom. The molecule has 1 unspecified atom stereocenters. The van der Waals surface area contributed by atoms with Gasteiger partial charge >= 0.3 is 0 Å². The topological polar surface area (TPSA) is 23.6 Å². The number of anilines is 1. The van der Waals surface area contributed by atoms with Crippen LogP contribution in [0.1, 0.15) is 13.8 Å². The van der Waals surface area contributed by atoms with Crippen LogP contribution in [-0.4, -0.2) is 22.8 Å². The first kappa shape index (κ1) is 14.2. The molecule has 0 aliphatic carbocycles. The van der Waals surface area contributed by atoms with Crippen molar-refractivity contribution < 1.29 is 4.79 Å². The molecule has 0 spiro atoms. The zero-order valence-electron chi connectivity index (χ0n) is 11.1. The Bertz CT molecular complexity index is 515. The molecule has 1 aromatic carbocycles. The van der Waals surface area contributed by atoms with Crippen molar-refractivity contribution in [2.24, 2.45) is 5.92 Å². The fourth-order valence-electron chi connectivity index (χ4n) is 2.30. The van der Waals surface area contributed by atoms with E-state index in [0.717, 1.165) is 5.69 Å². The van der Waals surface area contributed by atoms with E-state index >= 15 is 0 Å². The number of carbonyl (C=O) groups excluding carboxylic acids is 1. The van der Waals surface area contributed by atoms with Crippen molar-refractivity contribution in [1.29, 1.82) is 0 Å². The molecule has 19 heavy (non-hydrogen) atoms. The zero-order chi connectivity index (χ0) is 14.2. The lowest BCUT2D eigenvalue weighted by molar-refractivity contribution is -0.120. The lowest BCUT2D eigenvalue weighted by Gasteiger charge is -2.25. The first-order valence-electron chi connectivity index (χ1n) is 6.07. The highest BCUT2D eigenvalue weighted by molar-refractivity contribution is 6.41. The molecule has 1 fully saturated rings. The molecule has 1 aromatic rings. The van der Waals surface area contributed by atoms with E-state index in [0.29, 0.717) is 5.70 Å². The highest BCUT2D eigenvalue weighted by Crippen LogP contribution is 2.44. The Labute approximate surface area is 123 Å². The SMILES string of the molecule is CC(C)C1(Cl)C(=O)N(c2ccccc2)N(C)/C1=C/Cl. The van der Waals surface area contributed by atoms with Gasteiger partial charge in [0, 0.05) is 12.6 Å². The van der Waals surface area contributed by atoms with Crippen LogP contribution in [0.25, 0.3) is 0 Å². The van der Waals surface area contributed by atoms with E-state index in [1.807, 2.05) is 44.2 Å². The van der Waals surface area contributed by atoms with Crippen molar-refractivity contribution in [2.75, 3.05) is 12.1 Å². The van der Waals surface area contributed by atoms with Crippen LogP contribution in [0, 0.1) is 5.92 Å². The summed E-state index contributed by atoms with van der Waals surface area (Å²) in [5.41, 5.74) is 2.75. The van der Waals surface area contributed by atoms with E-state index < -0.39 is 4.87 Å². The maximum atomic E-state index is 12.7. The number of hydrazine groups is 1. The van der Waals surface area contributed by atoms with Gasteiger partial charge in [0.2, 0.25) is 0 Å². The van der Waals surface area contributed by atoms with Crippen LogP contribution in [-0.2, 0) is 4.79 Å². The summed E-state index contributed by atoms with van der Waals surface area (Å²) in [6, 6.07) is 9.39. The van der Waals surface area contributed by atoms with Crippen LogP contribution >= 0.6 is 23.2 Å². The van der Waals surface area contributed by atoms with Gasteiger partial charge in [-0.1, -0.05) is 43.6 Å². The van der Waals surface area contributed by atoms with Crippen LogP contribution in [0.4, 0.5) is 5.69 Å². The number of amides is 1. The molecule has 1 atom stereocenters. The third kappa shape index (κ3) is 2.01. The van der Waals surface area contributed by atoms with Crippen LogP contribution in [0.15, 0.2) is 41.6 Å². The lowest BCUT2D eigenvalue weighted by atomic mass is 9.92. The minimum absolute atomic E-state index is 0.0668. The number of benzene rings is 1. The van der Waals surface area contributed by atoms with Crippen LogP contribution in [0.3, 0.4) is 0 Å². The van der Waals surface area contributed by atoms with Crippen molar-refractivity contribution in [3.8, 4) is 0 Å². The monoisotopic (exact) mass is 298 g/mol. The molecule has 102 valence electrons. The third-order valence-corrected chi connectivity index (χ3v) is 4.42. The highest BCUT2D eigenvalue weighted by Gasteiger charge is 2.55. The van der Waals surface area contributed by atoms with E-state index in [-0.39, 0.29) is 11.8 Å². The summed E-state index contributed by atoms with van der Waals surface area (Å²) in [7, 11) is 1.78. The largest absolute Gasteiger partial charge is 0.282 e. The standard InChI is InChI=1S/C14H16Cl2N2O/c1-10(2)14(16)12(9-15)17(3)18(13(14)19)11-7-5-4-6-8-11/h4-10H,1-3H3/b12-9+. The minimum atomic E-state index is -1.12. The lowest BCUT2D eigenvalue weighted by Crippen LogP contribution is -2.41. The molecule has 3 nitrogen and oxygen atoms in total. The van der Waals surface area contributed by atoms with E-state index in [1.165, 1.54) is 5.54 Å². The Kier molecular flexibility index (Phi) is 3.79. The Morgan fingerprint density at radius 3 is 2.26 bits per heavy atom. The first-order chi connectivity index (χ1) is 8.94. The molecule has 0 saturated carbocycles. The van der Waals surface area contributed by atoms with Gasteiger partial charge in [-0.05, 0) is 18.1 Å². The minimum Gasteiger partial charge on any atom is -0.282 e. The third-order valence-electron chi connectivity index (χ3n) is 3.42. The number of alkyl halides is 1. The molecule has 0 bridgehead atoms. The summed E-state index contributed by atoms with van der Waals surface area (Å²) in [5, 5.41) is 3.26. The predicted octanol–water partition coefficient (Wildman–Crippen LogP) is 3.59. The molecule has 1 aliphatic heterocycles. The molecule has 0 aromatic heterocycles. The van der Waals surface area contributed by atoms with Crippen LogP contribution in [0.5, 0.6) is 0 Å². The number of rotatable bonds is 2. The molecule has 1 heterocycles. The van der Waals surface area contributed by atoms with Gasteiger partial charge in [-0.15, -0.1) is 11.6 Å². The number of para-hydroxylation sites is 1. The van der Waals surface area contributed by atoms with Crippen LogP contribution < -0.4 is 5.01 Å². The smallest absolute Gasteiger partial charge is 0.273 e. The van der Waals surface area contributed by atoms with E-state index in [4.69, 9.17) is 23.2 Å². The Morgan fingerprint density at radius 1 is 1.26 bits per heavy atom. The summed E-state index contributed by atoms with van der Waals surface area (Å²) < 4.78 is 0. The van der Waals surface area contributed by atoms with Crippen molar-refractivity contribution in [3.63, 3.8) is 0 Å². The van der Waals surface area contributed by atoms with Gasteiger partial charge in [0.1, 0.15) is 0 Å². The molecular formula is C14H16Cl2N2O. The Balaban J connectivity index is 2.53. The molecule has 1 saturated heterocycles. The number of carbonyl (C=O) groups is 1. The molecule has 1 amide bonds. The van der Waals surface area contributed by atoms with Crippen molar-refractivity contribution >= 4 is 34.8 Å². The van der Waals surface area contributed by atoms with Gasteiger partial charge in [-0.3, -0.25) is 9.80 Å². The zero-order valence-corrected chi connectivity index (χ0v) is 12.6. The van der Waals surface area contributed by atoms with Crippen LogP contribution in [0.2, 0.25) is 0 Å². The normalized spacial score (nSPS) is 25.8. The second-order valence-corrected chi connectivity index (χ2v) is 5.65. The van der Waals surface area contributed by atoms with E-state index in [2.05, 4.69) is 0 Å². The predicted molar refractivity (Wildman–Crippen MR) is 79.0 cm³/mol. The fraction of sp³-hybridized carbons (Fsp3) is 0.357. The molecule has 0 radical (unpaired) electrons. The molecule has 5 heteroatoms. The van der Waals surface area contributed by atoms with Gasteiger partial charge in [-0.2, -0.15) is 0 Å². The number of halogens is 2. The van der Waals surface area contributed by atoms with Gasteiger partial charge in [0.25, 0.3) is 5.91 Å². The Hall–Kier alpha value is -1.19. The van der Waals surface area contributed by atoms with Crippen molar-refractivity contribution in [1.82, 2.24) is 5.01 Å². The highest BCUT2D eigenvalue weighted by atomic mass is 35.5.